The molecule has 0 aromatic heterocycles. The van der Waals surface area contributed by atoms with E-state index < -0.39 is 5.91 Å². The summed E-state index contributed by atoms with van der Waals surface area (Å²) in [6, 6.07) is 0. The predicted molar refractivity (Wildman–Crippen MR) is 163 cm³/mol. The van der Waals surface area contributed by atoms with Crippen LogP contribution in [-0.2, 0) is 38.4 Å². The first kappa shape index (κ1) is 39.7. The number of rotatable bonds is 23. The number of amides is 7. The monoisotopic (exact) mass is 623 g/mol. The molecule has 0 rings (SSSR count). The largest absolute Gasteiger partial charge is 0.356 e. The van der Waals surface area contributed by atoms with E-state index >= 15 is 0 Å². The summed E-state index contributed by atoms with van der Waals surface area (Å²) < 4.78 is 0. The van der Waals surface area contributed by atoms with E-state index in [0.717, 1.165) is 6.08 Å². The van der Waals surface area contributed by atoms with Crippen molar-refractivity contribution in [3.8, 4) is 0 Å². The van der Waals surface area contributed by atoms with E-state index in [9.17, 15) is 38.4 Å². The molecule has 15 nitrogen and oxygen atoms in total. The number of hydrogen-bond acceptors (Lipinski definition) is 8. The molecule has 0 aliphatic rings. The first-order valence-corrected chi connectivity index (χ1v) is 14.9. The predicted octanol–water partition coefficient (Wildman–Crippen LogP) is -1.42. The standard InChI is InChI=1S/C29H49N7O8/c1-20(2)19-36-29(44)12-18-35-28(43)11-17-34-27(42)10-16-33-26(41)9-15-32-25(40)8-14-31-24(39)7-13-30-23(38)6-5-22(37)21(3)4/h5-6,20-21H,7-19H2,1-4H3,(H,30,38)(H,31,39)(H,32,40)(H,33,41)(H,34,42)(H,35,43)(H,36,44)/b6-5-. The summed E-state index contributed by atoms with van der Waals surface area (Å²) in [5.41, 5.74) is 0. The third-order valence-electron chi connectivity index (χ3n) is 5.70. The molecular formula is C29H49N7O8. The Morgan fingerprint density at radius 3 is 1.02 bits per heavy atom. The van der Waals surface area contributed by atoms with E-state index in [1.54, 1.807) is 13.8 Å². The molecule has 15 heteroatoms. The maximum atomic E-state index is 11.9. The van der Waals surface area contributed by atoms with Gasteiger partial charge in [-0.15, -0.1) is 0 Å². The van der Waals surface area contributed by atoms with Crippen molar-refractivity contribution in [2.24, 2.45) is 11.8 Å². The lowest BCUT2D eigenvalue weighted by Gasteiger charge is -2.09. The fourth-order valence-corrected chi connectivity index (χ4v) is 3.13. The Balaban J connectivity index is 3.79. The highest BCUT2D eigenvalue weighted by Gasteiger charge is 2.09. The maximum Gasteiger partial charge on any atom is 0.244 e. The van der Waals surface area contributed by atoms with Gasteiger partial charge in [-0.1, -0.05) is 27.7 Å². The zero-order valence-electron chi connectivity index (χ0n) is 26.3. The molecular weight excluding hydrogens is 574 g/mol. The summed E-state index contributed by atoms with van der Waals surface area (Å²) in [5.74, 6) is -2.34. The fourth-order valence-electron chi connectivity index (χ4n) is 3.13. The summed E-state index contributed by atoms with van der Waals surface area (Å²) in [6.07, 6.45) is 2.60. The highest BCUT2D eigenvalue weighted by atomic mass is 16.2. The minimum Gasteiger partial charge on any atom is -0.356 e. The van der Waals surface area contributed by atoms with Crippen molar-refractivity contribution in [2.45, 2.75) is 66.2 Å². The highest BCUT2D eigenvalue weighted by Crippen LogP contribution is 1.95. The van der Waals surface area contributed by atoms with Crippen LogP contribution in [0, 0.1) is 11.8 Å². The molecule has 0 aromatic rings. The molecule has 0 bridgehead atoms. The Morgan fingerprint density at radius 2 is 0.727 bits per heavy atom. The number of ketones is 1. The van der Waals surface area contributed by atoms with Gasteiger partial charge in [-0.3, -0.25) is 38.4 Å². The van der Waals surface area contributed by atoms with E-state index in [1.165, 1.54) is 6.08 Å². The molecule has 0 radical (unpaired) electrons. The Bertz CT molecular complexity index is 1010. The molecule has 0 aliphatic heterocycles. The van der Waals surface area contributed by atoms with Gasteiger partial charge in [0.1, 0.15) is 0 Å². The van der Waals surface area contributed by atoms with Crippen LogP contribution in [0.2, 0.25) is 0 Å². The van der Waals surface area contributed by atoms with Crippen LogP contribution >= 0.6 is 0 Å². The average Bonchev–Trinajstić information content (AvgIpc) is 2.94. The summed E-state index contributed by atoms with van der Waals surface area (Å²) in [6.45, 7) is 8.65. The van der Waals surface area contributed by atoms with Gasteiger partial charge in [0.15, 0.2) is 5.78 Å². The van der Waals surface area contributed by atoms with Gasteiger partial charge in [0.05, 0.1) is 0 Å². The van der Waals surface area contributed by atoms with Gasteiger partial charge >= 0.3 is 0 Å². The molecule has 0 saturated carbocycles. The zero-order chi connectivity index (χ0) is 33.3. The second-order valence-corrected chi connectivity index (χ2v) is 10.6. The fraction of sp³-hybridized carbons (Fsp3) is 0.655. The molecule has 0 atom stereocenters. The van der Waals surface area contributed by atoms with E-state index in [4.69, 9.17) is 0 Å². The van der Waals surface area contributed by atoms with Gasteiger partial charge in [0, 0.05) is 96.3 Å². The number of carbonyl (C=O) groups excluding carboxylic acids is 8. The van der Waals surface area contributed by atoms with Crippen LogP contribution < -0.4 is 37.2 Å². The maximum absolute atomic E-state index is 11.9. The summed E-state index contributed by atoms with van der Waals surface area (Å²) in [7, 11) is 0. The van der Waals surface area contributed by atoms with E-state index in [1.807, 2.05) is 13.8 Å². The molecule has 0 spiro atoms. The smallest absolute Gasteiger partial charge is 0.244 e. The first-order chi connectivity index (χ1) is 20.8. The van der Waals surface area contributed by atoms with Crippen LogP contribution in [-0.4, -0.2) is 92.9 Å². The lowest BCUT2D eigenvalue weighted by Crippen LogP contribution is -2.36. The Kier molecular flexibility index (Phi) is 21.8. The third kappa shape index (κ3) is 24.3. The van der Waals surface area contributed by atoms with Crippen molar-refractivity contribution in [3.63, 3.8) is 0 Å². The van der Waals surface area contributed by atoms with Crippen molar-refractivity contribution < 1.29 is 38.4 Å². The highest BCUT2D eigenvalue weighted by molar-refractivity contribution is 5.98. The quantitative estimate of drug-likeness (QED) is 0.0668. The van der Waals surface area contributed by atoms with Crippen LogP contribution in [0.5, 0.6) is 0 Å². The lowest BCUT2D eigenvalue weighted by molar-refractivity contribution is -0.124. The van der Waals surface area contributed by atoms with Crippen molar-refractivity contribution in [2.75, 3.05) is 45.8 Å². The van der Waals surface area contributed by atoms with Crippen LogP contribution in [0.4, 0.5) is 0 Å². The molecule has 0 aliphatic carbocycles. The number of nitrogens with one attached hydrogen (secondary N) is 7. The Hall–Kier alpha value is -4.30. The normalized spacial score (nSPS) is 10.7. The van der Waals surface area contributed by atoms with Crippen molar-refractivity contribution >= 4 is 47.1 Å². The average molecular weight is 624 g/mol. The SMILES string of the molecule is CC(C)CNC(=O)CCNC(=O)CCNC(=O)CCNC(=O)CCNC(=O)CCNC(=O)CCNC(=O)/C=C\C(=O)C(C)C. The minimum atomic E-state index is -0.479. The van der Waals surface area contributed by atoms with Gasteiger partial charge in [0.2, 0.25) is 41.4 Å². The van der Waals surface area contributed by atoms with Crippen LogP contribution in [0.3, 0.4) is 0 Å². The van der Waals surface area contributed by atoms with Crippen LogP contribution in [0.1, 0.15) is 66.2 Å². The second-order valence-electron chi connectivity index (χ2n) is 10.6. The second kappa shape index (κ2) is 24.2. The van der Waals surface area contributed by atoms with Gasteiger partial charge in [-0.2, -0.15) is 0 Å². The minimum absolute atomic E-state index is 0.00555. The molecule has 7 amide bonds. The van der Waals surface area contributed by atoms with Gasteiger partial charge in [-0.25, -0.2) is 0 Å². The lowest BCUT2D eigenvalue weighted by atomic mass is 10.1. The topological polar surface area (TPSA) is 221 Å². The van der Waals surface area contributed by atoms with Gasteiger partial charge in [0.25, 0.3) is 0 Å². The molecule has 44 heavy (non-hydrogen) atoms. The summed E-state index contributed by atoms with van der Waals surface area (Å²) >= 11 is 0. The van der Waals surface area contributed by atoms with Crippen LogP contribution in [0.15, 0.2) is 12.2 Å². The summed E-state index contributed by atoms with van der Waals surface area (Å²) in [4.78, 5) is 94.0. The van der Waals surface area contributed by atoms with Crippen LogP contribution in [0.25, 0.3) is 0 Å². The third-order valence-corrected chi connectivity index (χ3v) is 5.70. The molecule has 0 unspecified atom stereocenters. The Labute approximate surface area is 258 Å². The number of hydrogen-bond donors (Lipinski definition) is 7. The first-order valence-electron chi connectivity index (χ1n) is 14.9. The van der Waals surface area contributed by atoms with Crippen molar-refractivity contribution in [1.29, 1.82) is 0 Å². The van der Waals surface area contributed by atoms with Crippen molar-refractivity contribution in [3.05, 3.63) is 12.2 Å². The molecule has 248 valence electrons. The Morgan fingerprint density at radius 1 is 0.432 bits per heavy atom. The molecule has 0 saturated heterocycles. The molecule has 0 fully saturated rings. The zero-order valence-corrected chi connectivity index (χ0v) is 26.3. The molecule has 0 heterocycles. The number of carbonyl (C=O) groups is 8. The summed E-state index contributed by atoms with van der Waals surface area (Å²) in [5, 5.41) is 18.1. The van der Waals surface area contributed by atoms with E-state index in [0.29, 0.717) is 12.5 Å². The molecule has 0 aromatic carbocycles. The molecule has 7 N–H and O–H groups in total. The van der Waals surface area contributed by atoms with E-state index in [2.05, 4.69) is 37.2 Å². The van der Waals surface area contributed by atoms with Gasteiger partial charge in [-0.05, 0) is 12.0 Å². The van der Waals surface area contributed by atoms with Gasteiger partial charge < -0.3 is 37.2 Å². The van der Waals surface area contributed by atoms with Crippen molar-refractivity contribution in [1.82, 2.24) is 37.2 Å². The van der Waals surface area contributed by atoms with E-state index in [-0.39, 0.29) is 125 Å². The number of allylic oxidation sites excluding steroid dienone is 1.